The molecule has 0 aromatic heterocycles. The summed E-state index contributed by atoms with van der Waals surface area (Å²) < 4.78 is 4.44. The summed E-state index contributed by atoms with van der Waals surface area (Å²) >= 11 is 0. The van der Waals surface area contributed by atoms with Gasteiger partial charge in [-0.1, -0.05) is 103 Å². The molecule has 0 amide bonds. The molecule has 0 bridgehead atoms. The largest absolute Gasteiger partial charge is 0.393 e. The number of unbranched alkanes of at least 4 members (excludes halogenated alkanes) is 15. The lowest BCUT2D eigenvalue weighted by atomic mass is 10.0. The van der Waals surface area contributed by atoms with E-state index in [4.69, 9.17) is 10.2 Å². The van der Waals surface area contributed by atoms with Crippen molar-refractivity contribution in [2.75, 3.05) is 6.61 Å². The summed E-state index contributed by atoms with van der Waals surface area (Å²) in [5.41, 5.74) is 0. The first-order valence-electron chi connectivity index (χ1n) is 11.1. The number of carbonyl (C=O) groups is 2. The Morgan fingerprint density at radius 2 is 1.07 bits per heavy atom. The molecule has 0 radical (unpaired) electrons. The fraction of sp³-hybridized carbons (Fsp3) is 0.909. The van der Waals surface area contributed by atoms with Crippen LogP contribution in [0, 0.1) is 0 Å². The Hall–Kier alpha value is -0.940. The molecule has 27 heavy (non-hydrogen) atoms. The van der Waals surface area contributed by atoms with E-state index in [2.05, 4.69) is 11.7 Å². The van der Waals surface area contributed by atoms with Crippen molar-refractivity contribution in [1.82, 2.24) is 0 Å². The third kappa shape index (κ3) is 18.2. The van der Waals surface area contributed by atoms with Gasteiger partial charge in [-0.2, -0.15) is 0 Å². The molecule has 0 aliphatic rings. The molecule has 0 aliphatic heterocycles. The van der Waals surface area contributed by atoms with Crippen molar-refractivity contribution < 1.29 is 24.5 Å². The molecule has 160 valence electrons. The highest BCUT2D eigenvalue weighted by molar-refractivity contribution is 5.87. The van der Waals surface area contributed by atoms with Crippen LogP contribution in [0.2, 0.25) is 0 Å². The summed E-state index contributed by atoms with van der Waals surface area (Å²) in [4.78, 5) is 22.5. The number of carbonyl (C=O) groups excluding carboxylic acids is 2. The molecule has 5 nitrogen and oxygen atoms in total. The molecule has 2 N–H and O–H groups in total. The van der Waals surface area contributed by atoms with E-state index in [1.54, 1.807) is 0 Å². The van der Waals surface area contributed by atoms with E-state index in [9.17, 15) is 9.59 Å². The normalized spacial score (nSPS) is 12.1. The second-order valence-electron chi connectivity index (χ2n) is 7.54. The minimum atomic E-state index is -1.63. The molecule has 0 heterocycles. The van der Waals surface area contributed by atoms with Crippen LogP contribution in [-0.2, 0) is 14.3 Å². The summed E-state index contributed by atoms with van der Waals surface area (Å²) in [6.07, 6.45) is 18.8. The van der Waals surface area contributed by atoms with Crippen molar-refractivity contribution in [3.63, 3.8) is 0 Å². The van der Waals surface area contributed by atoms with Crippen LogP contribution in [0.3, 0.4) is 0 Å². The van der Waals surface area contributed by atoms with Crippen molar-refractivity contribution in [3.05, 3.63) is 0 Å². The number of hydrogen-bond donors (Lipinski definition) is 2. The Labute approximate surface area is 165 Å². The highest BCUT2D eigenvalue weighted by Gasteiger charge is 2.18. The van der Waals surface area contributed by atoms with Crippen LogP contribution in [0.1, 0.15) is 116 Å². The van der Waals surface area contributed by atoms with Gasteiger partial charge in [-0.05, 0) is 6.42 Å². The fourth-order valence-corrected chi connectivity index (χ4v) is 3.12. The molecule has 1 atom stereocenters. The van der Waals surface area contributed by atoms with E-state index in [0.29, 0.717) is 6.42 Å². The van der Waals surface area contributed by atoms with Crippen molar-refractivity contribution >= 4 is 11.9 Å². The van der Waals surface area contributed by atoms with E-state index in [0.717, 1.165) is 12.8 Å². The summed E-state index contributed by atoms with van der Waals surface area (Å²) in [7, 11) is 0. The SMILES string of the molecule is CCCCCCCCCCCCCCCCCCC(=O)OC(=O)C(O)CO. The van der Waals surface area contributed by atoms with Gasteiger partial charge in [0.2, 0.25) is 0 Å². The number of aliphatic hydroxyl groups is 2. The first kappa shape index (κ1) is 26.1. The third-order valence-electron chi connectivity index (χ3n) is 4.89. The molecule has 0 aromatic carbocycles. The van der Waals surface area contributed by atoms with Crippen LogP contribution in [-0.4, -0.2) is 34.9 Å². The minimum Gasteiger partial charge on any atom is -0.393 e. The second kappa shape index (κ2) is 19.8. The van der Waals surface area contributed by atoms with Crippen LogP contribution >= 0.6 is 0 Å². The summed E-state index contributed by atoms with van der Waals surface area (Å²) in [5.74, 6) is -1.70. The summed E-state index contributed by atoms with van der Waals surface area (Å²) in [6, 6.07) is 0. The zero-order valence-electron chi connectivity index (χ0n) is 17.4. The van der Waals surface area contributed by atoms with Crippen LogP contribution in [0.15, 0.2) is 0 Å². The molecule has 0 rings (SSSR count). The van der Waals surface area contributed by atoms with Gasteiger partial charge in [-0.25, -0.2) is 4.79 Å². The maximum absolute atomic E-state index is 11.4. The number of ether oxygens (including phenoxy) is 1. The van der Waals surface area contributed by atoms with Crippen LogP contribution in [0.25, 0.3) is 0 Å². The Kier molecular flexibility index (Phi) is 19.1. The first-order chi connectivity index (χ1) is 13.1. The molecule has 0 aliphatic carbocycles. The Morgan fingerprint density at radius 1 is 0.704 bits per heavy atom. The van der Waals surface area contributed by atoms with Crippen molar-refractivity contribution in [1.29, 1.82) is 0 Å². The molecular weight excluding hydrogens is 344 g/mol. The number of rotatable bonds is 19. The molecule has 0 saturated heterocycles. The van der Waals surface area contributed by atoms with Gasteiger partial charge in [-0.15, -0.1) is 0 Å². The standard InChI is InChI=1S/C22H42O5/c1-2-3-4-5-6-7-8-9-10-11-12-13-14-15-16-17-18-21(25)27-22(26)20(24)19-23/h20,23-24H,2-19H2,1H3. The molecule has 5 heteroatoms. The molecule has 0 saturated carbocycles. The Balaban J connectivity index is 3.23. The van der Waals surface area contributed by atoms with Crippen LogP contribution < -0.4 is 0 Å². The maximum Gasteiger partial charge on any atom is 0.345 e. The fourth-order valence-electron chi connectivity index (χ4n) is 3.12. The first-order valence-corrected chi connectivity index (χ1v) is 11.1. The van der Waals surface area contributed by atoms with E-state index in [-0.39, 0.29) is 6.42 Å². The maximum atomic E-state index is 11.4. The van der Waals surface area contributed by atoms with E-state index in [1.807, 2.05) is 0 Å². The lowest BCUT2D eigenvalue weighted by Gasteiger charge is -2.06. The Morgan fingerprint density at radius 3 is 1.44 bits per heavy atom. The second-order valence-corrected chi connectivity index (χ2v) is 7.54. The zero-order chi connectivity index (χ0) is 20.2. The van der Waals surface area contributed by atoms with Gasteiger partial charge < -0.3 is 14.9 Å². The monoisotopic (exact) mass is 386 g/mol. The number of aliphatic hydroxyl groups excluding tert-OH is 2. The predicted octanol–water partition coefficient (Wildman–Crippen LogP) is 5.06. The van der Waals surface area contributed by atoms with Gasteiger partial charge in [0.25, 0.3) is 0 Å². The lowest BCUT2D eigenvalue weighted by Crippen LogP contribution is -2.28. The summed E-state index contributed by atoms with van der Waals surface area (Å²) in [6.45, 7) is 1.53. The van der Waals surface area contributed by atoms with Gasteiger partial charge in [0, 0.05) is 6.42 Å². The van der Waals surface area contributed by atoms with Crippen LogP contribution in [0.4, 0.5) is 0 Å². The van der Waals surface area contributed by atoms with Crippen molar-refractivity contribution in [2.45, 2.75) is 122 Å². The van der Waals surface area contributed by atoms with E-state index < -0.39 is 24.6 Å². The highest BCUT2D eigenvalue weighted by atomic mass is 16.6. The zero-order valence-corrected chi connectivity index (χ0v) is 17.4. The van der Waals surface area contributed by atoms with Gasteiger partial charge >= 0.3 is 11.9 Å². The quantitative estimate of drug-likeness (QED) is 0.184. The number of hydrogen-bond acceptors (Lipinski definition) is 5. The van der Waals surface area contributed by atoms with Gasteiger partial charge in [0.1, 0.15) is 0 Å². The van der Waals surface area contributed by atoms with E-state index >= 15 is 0 Å². The average molecular weight is 387 g/mol. The topological polar surface area (TPSA) is 83.8 Å². The van der Waals surface area contributed by atoms with Crippen molar-refractivity contribution in [3.8, 4) is 0 Å². The molecule has 0 aromatic rings. The van der Waals surface area contributed by atoms with Crippen LogP contribution in [0.5, 0.6) is 0 Å². The lowest BCUT2D eigenvalue weighted by molar-refractivity contribution is -0.167. The predicted molar refractivity (Wildman–Crippen MR) is 108 cm³/mol. The molecule has 0 spiro atoms. The highest BCUT2D eigenvalue weighted by Crippen LogP contribution is 2.14. The van der Waals surface area contributed by atoms with Crippen molar-refractivity contribution in [2.24, 2.45) is 0 Å². The smallest absolute Gasteiger partial charge is 0.345 e. The average Bonchev–Trinajstić information content (AvgIpc) is 2.66. The molecular formula is C22H42O5. The number of esters is 2. The summed E-state index contributed by atoms with van der Waals surface area (Å²) in [5, 5.41) is 17.6. The van der Waals surface area contributed by atoms with Gasteiger partial charge in [0.15, 0.2) is 6.10 Å². The van der Waals surface area contributed by atoms with Gasteiger partial charge in [0.05, 0.1) is 6.61 Å². The third-order valence-corrected chi connectivity index (χ3v) is 4.89. The van der Waals surface area contributed by atoms with Gasteiger partial charge in [-0.3, -0.25) is 4.79 Å². The molecule has 1 unspecified atom stereocenters. The Bertz CT molecular complexity index is 357. The molecule has 0 fully saturated rings. The minimum absolute atomic E-state index is 0.183. The van der Waals surface area contributed by atoms with E-state index in [1.165, 1.54) is 83.5 Å².